The quantitative estimate of drug-likeness (QED) is 0.758. The molecule has 0 saturated heterocycles. The van der Waals surface area contributed by atoms with Gasteiger partial charge in [-0.1, -0.05) is 18.2 Å². The first kappa shape index (κ1) is 9.84. The number of anilines is 1. The minimum Gasteiger partial charge on any atom is -0.497 e. The van der Waals surface area contributed by atoms with Gasteiger partial charge in [0.1, 0.15) is 5.75 Å². The molecule has 2 aromatic carbocycles. The van der Waals surface area contributed by atoms with Gasteiger partial charge in [-0.25, -0.2) is 0 Å². The lowest BCUT2D eigenvalue weighted by Gasteiger charge is -2.17. The van der Waals surface area contributed by atoms with Crippen molar-refractivity contribution in [2.45, 2.75) is 0 Å². The zero-order chi connectivity index (χ0) is 12.0. The number of methoxy groups -OCH3 is 1. The van der Waals surface area contributed by atoms with Crippen LogP contribution in [0.25, 0.3) is 10.8 Å². The molecule has 1 N–H and O–H groups in total. The van der Waals surface area contributed by atoms with Crippen molar-refractivity contribution in [3.05, 3.63) is 35.9 Å². The fraction of sp³-hybridized carbons (Fsp3) is 0.0769. The summed E-state index contributed by atoms with van der Waals surface area (Å²) in [4.78, 5) is 23.2. The number of hydrogen-bond donors (Lipinski definition) is 1. The van der Waals surface area contributed by atoms with Crippen LogP contribution in [-0.2, 0) is 4.79 Å². The van der Waals surface area contributed by atoms with Crippen LogP contribution < -0.4 is 10.1 Å². The summed E-state index contributed by atoms with van der Waals surface area (Å²) in [5.41, 5.74) is 1.07. The molecule has 2 aromatic rings. The first-order valence-electron chi connectivity index (χ1n) is 5.17. The second kappa shape index (κ2) is 3.31. The maximum atomic E-state index is 11.7. The van der Waals surface area contributed by atoms with E-state index < -0.39 is 11.7 Å². The van der Waals surface area contributed by atoms with Gasteiger partial charge in [0.25, 0.3) is 11.7 Å². The van der Waals surface area contributed by atoms with E-state index in [2.05, 4.69) is 5.32 Å². The average Bonchev–Trinajstić information content (AvgIpc) is 2.35. The lowest BCUT2D eigenvalue weighted by Crippen LogP contribution is -2.27. The molecule has 0 unspecified atom stereocenters. The smallest absolute Gasteiger partial charge is 0.296 e. The van der Waals surface area contributed by atoms with E-state index in [4.69, 9.17) is 4.74 Å². The van der Waals surface area contributed by atoms with Crippen molar-refractivity contribution >= 4 is 28.2 Å². The highest BCUT2D eigenvalue weighted by molar-refractivity contribution is 6.51. The predicted molar refractivity (Wildman–Crippen MR) is 63.5 cm³/mol. The van der Waals surface area contributed by atoms with Gasteiger partial charge in [0.15, 0.2) is 0 Å². The summed E-state index contributed by atoms with van der Waals surface area (Å²) >= 11 is 0. The monoisotopic (exact) mass is 227 g/mol. The van der Waals surface area contributed by atoms with Crippen molar-refractivity contribution in [3.63, 3.8) is 0 Å². The number of hydrogen-bond acceptors (Lipinski definition) is 3. The Labute approximate surface area is 97.2 Å². The summed E-state index contributed by atoms with van der Waals surface area (Å²) in [5.74, 6) is -0.439. The van der Waals surface area contributed by atoms with Crippen LogP contribution >= 0.6 is 0 Å². The first-order valence-corrected chi connectivity index (χ1v) is 5.17. The molecule has 4 nitrogen and oxygen atoms in total. The highest BCUT2D eigenvalue weighted by atomic mass is 16.5. The van der Waals surface area contributed by atoms with Crippen LogP contribution in [0.15, 0.2) is 30.3 Å². The Morgan fingerprint density at radius 1 is 1.18 bits per heavy atom. The zero-order valence-electron chi connectivity index (χ0n) is 9.11. The Hall–Kier alpha value is -2.36. The van der Waals surface area contributed by atoms with Crippen LogP contribution in [0.4, 0.5) is 5.69 Å². The van der Waals surface area contributed by atoms with E-state index in [1.165, 1.54) is 0 Å². The molecule has 4 heteroatoms. The Balaban J connectivity index is 2.43. The maximum absolute atomic E-state index is 11.7. The van der Waals surface area contributed by atoms with Crippen LogP contribution in [0.2, 0.25) is 0 Å². The number of benzene rings is 2. The number of carbonyl (C=O) groups is 2. The lowest BCUT2D eigenvalue weighted by molar-refractivity contribution is -0.112. The van der Waals surface area contributed by atoms with E-state index >= 15 is 0 Å². The summed E-state index contributed by atoms with van der Waals surface area (Å²) in [5, 5.41) is 4.24. The number of amides is 1. The van der Waals surface area contributed by atoms with Gasteiger partial charge < -0.3 is 10.1 Å². The number of ether oxygens (including phenoxy) is 1. The molecule has 1 amide bonds. The molecule has 0 spiro atoms. The van der Waals surface area contributed by atoms with Crippen molar-refractivity contribution in [2.24, 2.45) is 0 Å². The molecule has 0 aliphatic carbocycles. The predicted octanol–water partition coefficient (Wildman–Crippen LogP) is 1.98. The number of rotatable bonds is 1. The molecule has 84 valence electrons. The Kier molecular flexibility index (Phi) is 1.92. The van der Waals surface area contributed by atoms with Crippen molar-refractivity contribution in [1.82, 2.24) is 0 Å². The summed E-state index contributed by atoms with van der Waals surface area (Å²) in [7, 11) is 1.56. The van der Waals surface area contributed by atoms with E-state index in [1.54, 1.807) is 25.3 Å². The summed E-state index contributed by atoms with van der Waals surface area (Å²) in [6.45, 7) is 0. The molecule has 1 heterocycles. The minimum absolute atomic E-state index is 0.448. The normalized spacial score (nSPS) is 13.7. The van der Waals surface area contributed by atoms with Crippen LogP contribution in [-0.4, -0.2) is 18.8 Å². The van der Waals surface area contributed by atoms with Gasteiger partial charge in [0.05, 0.1) is 12.8 Å². The van der Waals surface area contributed by atoms with Crippen molar-refractivity contribution < 1.29 is 14.3 Å². The summed E-state index contributed by atoms with van der Waals surface area (Å²) in [6, 6.07) is 8.87. The summed E-state index contributed by atoms with van der Waals surface area (Å²) < 4.78 is 5.15. The van der Waals surface area contributed by atoms with Crippen LogP contribution in [0.3, 0.4) is 0 Å². The van der Waals surface area contributed by atoms with Crippen molar-refractivity contribution in [3.8, 4) is 5.75 Å². The standard InChI is InChI=1S/C13H9NO3/c1-17-8-5-7-3-2-4-9-11(7)10(6-8)14-13(16)12(9)15/h2-6H,1H3,(H,14,16). The fourth-order valence-electron chi connectivity index (χ4n) is 2.11. The number of ketones is 1. The third-order valence-corrected chi connectivity index (χ3v) is 2.89. The van der Waals surface area contributed by atoms with Gasteiger partial charge in [-0.05, 0) is 11.5 Å². The van der Waals surface area contributed by atoms with Gasteiger partial charge in [0, 0.05) is 17.0 Å². The summed E-state index contributed by atoms with van der Waals surface area (Å²) in [6.07, 6.45) is 0. The molecule has 0 radical (unpaired) electrons. The average molecular weight is 227 g/mol. The van der Waals surface area contributed by atoms with E-state index in [0.717, 1.165) is 10.8 Å². The van der Waals surface area contributed by atoms with Gasteiger partial charge >= 0.3 is 0 Å². The van der Waals surface area contributed by atoms with Crippen LogP contribution in [0.5, 0.6) is 5.75 Å². The molecule has 0 fully saturated rings. The van der Waals surface area contributed by atoms with E-state index in [9.17, 15) is 9.59 Å². The second-order valence-corrected chi connectivity index (χ2v) is 3.86. The van der Waals surface area contributed by atoms with Gasteiger partial charge in [-0.15, -0.1) is 0 Å². The SMILES string of the molecule is COc1cc2c3c(cccc3c1)C(=O)C(=O)N2. The zero-order valence-corrected chi connectivity index (χ0v) is 9.11. The number of Topliss-reactive ketones (excluding diaryl/α,β-unsaturated/α-hetero) is 1. The molecule has 3 rings (SSSR count). The maximum Gasteiger partial charge on any atom is 0.296 e. The lowest BCUT2D eigenvalue weighted by atomic mass is 9.96. The Morgan fingerprint density at radius 2 is 2.00 bits per heavy atom. The largest absolute Gasteiger partial charge is 0.497 e. The third-order valence-electron chi connectivity index (χ3n) is 2.89. The molecule has 0 atom stereocenters. The number of carbonyl (C=O) groups excluding carboxylic acids is 2. The molecule has 0 bridgehead atoms. The van der Waals surface area contributed by atoms with Crippen LogP contribution in [0, 0.1) is 0 Å². The Bertz CT molecular complexity index is 661. The van der Waals surface area contributed by atoms with E-state index in [1.807, 2.05) is 12.1 Å². The molecule has 1 aliphatic heterocycles. The van der Waals surface area contributed by atoms with Crippen molar-refractivity contribution in [2.75, 3.05) is 12.4 Å². The molecule has 17 heavy (non-hydrogen) atoms. The molecular weight excluding hydrogens is 218 g/mol. The highest BCUT2D eigenvalue weighted by Crippen LogP contribution is 2.34. The molecule has 0 saturated carbocycles. The molecule has 1 aliphatic rings. The minimum atomic E-state index is -0.599. The van der Waals surface area contributed by atoms with Crippen LogP contribution in [0.1, 0.15) is 10.4 Å². The van der Waals surface area contributed by atoms with E-state index in [-0.39, 0.29) is 0 Å². The third kappa shape index (κ3) is 1.30. The number of nitrogens with one attached hydrogen (secondary N) is 1. The first-order chi connectivity index (χ1) is 8.20. The van der Waals surface area contributed by atoms with E-state index in [0.29, 0.717) is 17.0 Å². The van der Waals surface area contributed by atoms with Gasteiger partial charge in [-0.2, -0.15) is 0 Å². The molecular formula is C13H9NO3. The fourth-order valence-corrected chi connectivity index (χ4v) is 2.11. The Morgan fingerprint density at radius 3 is 2.76 bits per heavy atom. The highest BCUT2D eigenvalue weighted by Gasteiger charge is 2.26. The van der Waals surface area contributed by atoms with Gasteiger partial charge in [0.2, 0.25) is 0 Å². The topological polar surface area (TPSA) is 55.4 Å². The van der Waals surface area contributed by atoms with Gasteiger partial charge in [-0.3, -0.25) is 9.59 Å². The second-order valence-electron chi connectivity index (χ2n) is 3.86. The molecule has 0 aromatic heterocycles. The van der Waals surface area contributed by atoms with Crippen molar-refractivity contribution in [1.29, 1.82) is 0 Å².